The van der Waals surface area contributed by atoms with Gasteiger partial charge in [0.2, 0.25) is 17.7 Å². The average Bonchev–Trinajstić information content (AvgIpc) is 4.06. The number of hydrogen-bond acceptors (Lipinski definition) is 9. The SMILES string of the molecule is [C-]#[N+]c1ccc2c3c([nH]c2c1)C(C)(C)c1cc(N2CCC(NC(=O)CCCCC(=O)C[C@H](C(=O)N4C[C@H](O)C[C@H]4C(=O)NCc4ccc(-c5scnc5C)cc4)C(C)(C)C)CC2)c(CC)cc1C3=O. The van der Waals surface area contributed by atoms with E-state index in [0.29, 0.717) is 30.5 Å². The largest absolute Gasteiger partial charge is 0.391 e. The maximum absolute atomic E-state index is 14.2. The summed E-state index contributed by atoms with van der Waals surface area (Å²) in [5, 5.41) is 17.7. The third kappa shape index (κ3) is 10.3. The standard InChI is InChI=1S/C55H65N7O6S/c1-9-34-24-41-42(55(6,7)51-48(49(41)66)40-19-18-37(56-8)25-44(40)60-51)28-45(34)61-22-20-36(21-23-61)59-47(65)13-11-10-12-38(63)26-43(54(3,4)5)53(68)62-30-39(64)27-46(62)52(67)57-29-33-14-16-35(17-15-33)50-32(2)58-31-69-50/h14-19,24-25,28,31,36,39,43,46,60,64H,9-13,20-23,26-27,29-30H2,1-7H3,(H,57,67)(H,59,65)/t39-,43-,46+/m1/s1. The van der Waals surface area contributed by atoms with Crippen molar-refractivity contribution in [2.75, 3.05) is 24.5 Å². The van der Waals surface area contributed by atoms with Crippen LogP contribution in [0.1, 0.15) is 137 Å². The number of carbonyl (C=O) groups is 5. The number of β-amino-alcohol motifs (C(OH)–C–C–N with tert-alkyl or cyclic N) is 1. The summed E-state index contributed by atoms with van der Waals surface area (Å²) in [6.07, 6.45) is 3.25. The molecule has 3 atom stereocenters. The number of rotatable bonds is 15. The lowest BCUT2D eigenvalue weighted by molar-refractivity contribution is -0.146. The van der Waals surface area contributed by atoms with Gasteiger partial charge in [-0.05, 0) is 84.9 Å². The Balaban J connectivity index is 0.799. The smallest absolute Gasteiger partial charge is 0.243 e. The molecule has 4 heterocycles. The number of anilines is 1. The zero-order chi connectivity index (χ0) is 49.4. The number of fused-ring (bicyclic) bond motifs is 4. The highest BCUT2D eigenvalue weighted by Crippen LogP contribution is 2.46. The molecule has 0 unspecified atom stereocenters. The number of aromatic amines is 1. The number of aliphatic hydroxyl groups excluding tert-OH is 1. The molecule has 0 saturated carbocycles. The summed E-state index contributed by atoms with van der Waals surface area (Å²) < 4.78 is 0. The van der Waals surface area contributed by atoms with Crippen LogP contribution in [0.15, 0.2) is 60.1 Å². The minimum Gasteiger partial charge on any atom is -0.391 e. The van der Waals surface area contributed by atoms with Crippen LogP contribution in [0.4, 0.5) is 11.4 Å². The van der Waals surface area contributed by atoms with Gasteiger partial charge in [0.25, 0.3) is 0 Å². The third-order valence-corrected chi connectivity index (χ3v) is 15.6. The van der Waals surface area contributed by atoms with Crippen molar-refractivity contribution in [1.82, 2.24) is 25.5 Å². The zero-order valence-electron chi connectivity index (χ0n) is 41.0. The van der Waals surface area contributed by atoms with Gasteiger partial charge in [-0.1, -0.05) is 77.9 Å². The summed E-state index contributed by atoms with van der Waals surface area (Å²) in [6, 6.07) is 16.8. The average molecular weight is 952 g/mol. The summed E-state index contributed by atoms with van der Waals surface area (Å²) in [4.78, 5) is 84.8. The Morgan fingerprint density at radius 3 is 2.42 bits per heavy atom. The van der Waals surface area contributed by atoms with Gasteiger partial charge in [0.05, 0.1) is 34.3 Å². The fourth-order valence-corrected chi connectivity index (χ4v) is 11.4. The van der Waals surface area contributed by atoms with Crippen molar-refractivity contribution in [1.29, 1.82) is 0 Å². The van der Waals surface area contributed by atoms with Crippen molar-refractivity contribution in [3.8, 4) is 10.4 Å². The molecule has 14 heteroatoms. The molecule has 2 aliphatic heterocycles. The minimum absolute atomic E-state index is 0.00468. The number of aliphatic hydroxyl groups is 1. The summed E-state index contributed by atoms with van der Waals surface area (Å²) in [5.74, 6) is -1.42. The van der Waals surface area contributed by atoms with Crippen LogP contribution in [0.3, 0.4) is 0 Å². The fourth-order valence-electron chi connectivity index (χ4n) is 10.6. The van der Waals surface area contributed by atoms with E-state index in [9.17, 15) is 29.1 Å². The van der Waals surface area contributed by atoms with E-state index in [4.69, 9.17) is 6.57 Å². The van der Waals surface area contributed by atoms with Crippen LogP contribution in [-0.2, 0) is 37.6 Å². The number of nitrogens with zero attached hydrogens (tertiary/aromatic N) is 4. The fraction of sp³-hybridized carbons (Fsp3) is 0.473. The van der Waals surface area contributed by atoms with Crippen molar-refractivity contribution in [2.45, 2.75) is 136 Å². The number of carbonyl (C=O) groups excluding carboxylic acids is 5. The quantitative estimate of drug-likeness (QED) is 0.0595. The highest BCUT2D eigenvalue weighted by molar-refractivity contribution is 7.13. The van der Waals surface area contributed by atoms with Crippen molar-refractivity contribution < 1.29 is 29.1 Å². The van der Waals surface area contributed by atoms with Crippen LogP contribution >= 0.6 is 11.3 Å². The Morgan fingerprint density at radius 1 is 1.03 bits per heavy atom. The maximum atomic E-state index is 14.2. The number of unbranched alkanes of at least 4 members (excludes halogenated alkanes) is 1. The third-order valence-electron chi connectivity index (χ3n) is 14.7. The minimum atomic E-state index is -0.843. The van der Waals surface area contributed by atoms with Gasteiger partial charge in [-0.3, -0.25) is 24.0 Å². The molecule has 13 nitrogen and oxygen atoms in total. The zero-order valence-corrected chi connectivity index (χ0v) is 41.8. The van der Waals surface area contributed by atoms with Gasteiger partial charge in [0.1, 0.15) is 11.8 Å². The van der Waals surface area contributed by atoms with Gasteiger partial charge >= 0.3 is 0 Å². The number of aryl methyl sites for hydroxylation is 2. The van der Waals surface area contributed by atoms with E-state index in [-0.39, 0.29) is 67.7 Å². The number of likely N-dealkylation sites (tertiary alicyclic amines) is 1. The van der Waals surface area contributed by atoms with E-state index in [1.54, 1.807) is 17.4 Å². The molecule has 8 rings (SSSR count). The van der Waals surface area contributed by atoms with Crippen LogP contribution < -0.4 is 15.5 Å². The lowest BCUT2D eigenvalue weighted by Crippen LogP contribution is -2.50. The number of ketones is 2. The molecule has 0 radical (unpaired) electrons. The van der Waals surface area contributed by atoms with Crippen LogP contribution in [0, 0.1) is 24.8 Å². The Bertz CT molecular complexity index is 2820. The Kier molecular flexibility index (Phi) is 14.3. The Hall–Kier alpha value is -6.17. The Morgan fingerprint density at radius 2 is 1.75 bits per heavy atom. The molecule has 362 valence electrons. The van der Waals surface area contributed by atoms with Crippen molar-refractivity contribution in [3.63, 3.8) is 0 Å². The number of benzene rings is 3. The highest BCUT2D eigenvalue weighted by Gasteiger charge is 2.45. The molecule has 3 aliphatic rings. The molecule has 3 aromatic carbocycles. The Labute approximate surface area is 409 Å². The second-order valence-corrected chi connectivity index (χ2v) is 21.7. The summed E-state index contributed by atoms with van der Waals surface area (Å²) >= 11 is 1.58. The molecule has 4 N–H and O–H groups in total. The number of H-pyrrole nitrogens is 1. The predicted molar refractivity (Wildman–Crippen MR) is 271 cm³/mol. The number of Topliss-reactive ketones (excluding diaryl/α,β-unsaturated/α-hetero) is 1. The second kappa shape index (κ2) is 20.0. The number of aromatic nitrogens is 2. The number of nitrogens with one attached hydrogen (secondary N) is 3. The normalized spacial score (nSPS) is 18.4. The van der Waals surface area contributed by atoms with E-state index in [2.05, 4.69) is 63.3 Å². The first-order chi connectivity index (χ1) is 32.9. The van der Waals surface area contributed by atoms with Gasteiger partial charge in [0, 0.05) is 97.1 Å². The molecule has 1 aliphatic carbocycles. The van der Waals surface area contributed by atoms with E-state index in [1.165, 1.54) is 4.90 Å². The molecular formula is C55H65N7O6S. The van der Waals surface area contributed by atoms with Gasteiger partial charge in [-0.25, -0.2) is 9.83 Å². The molecule has 3 amide bonds. The van der Waals surface area contributed by atoms with Gasteiger partial charge < -0.3 is 30.5 Å². The van der Waals surface area contributed by atoms with Crippen LogP contribution in [0.5, 0.6) is 0 Å². The summed E-state index contributed by atoms with van der Waals surface area (Å²) in [7, 11) is 0. The number of hydrogen-bond donors (Lipinski definition) is 4. The second-order valence-electron chi connectivity index (χ2n) is 20.8. The van der Waals surface area contributed by atoms with Crippen LogP contribution in [0.25, 0.3) is 26.2 Å². The van der Waals surface area contributed by atoms with Crippen LogP contribution in [0.2, 0.25) is 0 Å². The number of amides is 3. The molecule has 5 aromatic rings. The van der Waals surface area contributed by atoms with E-state index in [0.717, 1.165) is 93.0 Å². The molecule has 0 bridgehead atoms. The van der Waals surface area contributed by atoms with Crippen molar-refractivity contribution in [3.05, 3.63) is 111 Å². The van der Waals surface area contributed by atoms with Gasteiger partial charge in [-0.15, -0.1) is 11.3 Å². The number of thiazole rings is 1. The van der Waals surface area contributed by atoms with E-state index < -0.39 is 28.9 Å². The highest BCUT2D eigenvalue weighted by atomic mass is 32.1. The van der Waals surface area contributed by atoms with Crippen LogP contribution in [-0.4, -0.2) is 87.1 Å². The van der Waals surface area contributed by atoms with Gasteiger partial charge in [0.15, 0.2) is 11.5 Å². The molecule has 69 heavy (non-hydrogen) atoms. The molecular weight excluding hydrogens is 887 g/mol. The molecule has 2 fully saturated rings. The molecule has 0 spiro atoms. The summed E-state index contributed by atoms with van der Waals surface area (Å²) in [5.41, 5.74) is 10.5. The van der Waals surface area contributed by atoms with E-state index >= 15 is 0 Å². The topological polar surface area (TPSA) is 169 Å². The first kappa shape index (κ1) is 49.3. The number of piperidine rings is 1. The lowest BCUT2D eigenvalue weighted by Gasteiger charge is -2.38. The maximum Gasteiger partial charge on any atom is 0.243 e. The predicted octanol–water partition coefficient (Wildman–Crippen LogP) is 9.13. The molecule has 2 saturated heterocycles. The molecule has 2 aromatic heterocycles. The monoisotopic (exact) mass is 951 g/mol. The first-order valence-electron chi connectivity index (χ1n) is 24.4. The first-order valence-corrected chi connectivity index (χ1v) is 25.3. The lowest BCUT2D eigenvalue weighted by atomic mass is 9.70. The van der Waals surface area contributed by atoms with E-state index in [1.807, 2.05) is 69.6 Å². The van der Waals surface area contributed by atoms with Crippen molar-refractivity contribution in [2.24, 2.45) is 11.3 Å². The van der Waals surface area contributed by atoms with Gasteiger partial charge in [-0.2, -0.15) is 0 Å². The van der Waals surface area contributed by atoms with Crippen molar-refractivity contribution >= 4 is 62.9 Å². The summed E-state index contributed by atoms with van der Waals surface area (Å²) in [6.45, 7) is 23.4.